The van der Waals surface area contributed by atoms with Gasteiger partial charge in [-0.3, -0.25) is 14.5 Å². The lowest BCUT2D eigenvalue weighted by atomic mass is 9.60. The second-order valence-electron chi connectivity index (χ2n) is 11.1. The maximum atomic E-state index is 14.5. The minimum atomic E-state index is -4.66. The fourth-order valence-corrected chi connectivity index (χ4v) is 8.13. The van der Waals surface area contributed by atoms with E-state index in [9.17, 15) is 26.6 Å². The minimum absolute atomic E-state index is 0.0645. The smallest absolute Gasteiger partial charge is 0.291 e. The van der Waals surface area contributed by atoms with Crippen molar-refractivity contribution in [1.82, 2.24) is 33.8 Å². The number of hydrogen-bond acceptors (Lipinski definition) is 6. The number of aryl methyl sites for hydroxylation is 1. The van der Waals surface area contributed by atoms with E-state index in [0.717, 1.165) is 23.9 Å². The van der Waals surface area contributed by atoms with Gasteiger partial charge in [-0.1, -0.05) is 12.5 Å². The van der Waals surface area contributed by atoms with Crippen molar-refractivity contribution in [3.8, 4) is 5.69 Å². The molecular weight excluding hydrogens is 598 g/mol. The molecule has 0 amide bonds. The Balaban J connectivity index is 1.45. The average molecular weight is 628 g/mol. The second kappa shape index (κ2) is 10.8. The van der Waals surface area contributed by atoms with Crippen molar-refractivity contribution in [2.45, 2.75) is 50.0 Å². The Bertz CT molecular complexity index is 1880. The highest BCUT2D eigenvalue weighted by Gasteiger charge is 2.51. The highest BCUT2D eigenvalue weighted by molar-refractivity contribution is 7.98. The summed E-state index contributed by atoms with van der Waals surface area (Å²) in [5.41, 5.74) is 0.184. The van der Waals surface area contributed by atoms with Gasteiger partial charge in [0.25, 0.3) is 0 Å². The number of alkyl halides is 3. The lowest BCUT2D eigenvalue weighted by molar-refractivity contribution is -0.137. The Morgan fingerprint density at radius 1 is 1.20 bits per heavy atom. The van der Waals surface area contributed by atoms with Gasteiger partial charge in [0, 0.05) is 25.8 Å². The monoisotopic (exact) mass is 627 g/mol. The number of hydrogen-bond donors (Lipinski definition) is 0. The Morgan fingerprint density at radius 3 is 2.61 bits per heavy atom. The van der Waals surface area contributed by atoms with Crippen molar-refractivity contribution in [1.29, 1.82) is 0 Å². The summed E-state index contributed by atoms with van der Waals surface area (Å²) in [5, 5.41) is 8.79. The van der Waals surface area contributed by atoms with Crippen LogP contribution in [-0.2, 0) is 29.4 Å². The van der Waals surface area contributed by atoms with E-state index in [4.69, 9.17) is 0 Å². The number of carbonyl (C=O) groups excluding carboxylic acids is 1. The van der Waals surface area contributed by atoms with Crippen LogP contribution in [0, 0.1) is 11.2 Å². The van der Waals surface area contributed by atoms with E-state index in [0.29, 0.717) is 36.3 Å². The summed E-state index contributed by atoms with van der Waals surface area (Å²) in [7, 11) is -1.50. The maximum absolute atomic E-state index is 14.5. The molecule has 14 heteroatoms. The number of carbonyl (C=O) groups is 1. The molecule has 6 rings (SSSR count). The quantitative estimate of drug-likeness (QED) is 0.164. The van der Waals surface area contributed by atoms with E-state index in [2.05, 4.69) is 26.0 Å². The standard InChI is InChI=1S/C30H29F4N7O2S/c1-4-40(44(3,43)28-36-18-39(2)38-28)24-8-5-20-14-26-19(17-37-41(26)23-9-6-22(31)7-10-23)15-29(20,16-24)27(42)25-13-21(11-12-35-25)30(32,33)34/h6-7,9-14,17-18,24H,3-5,8,15-16H2,1-2H3/t24-,29-,44?/m0/s1. The largest absolute Gasteiger partial charge is 0.416 e. The van der Waals surface area contributed by atoms with Crippen molar-refractivity contribution in [2.24, 2.45) is 12.5 Å². The Labute approximate surface area is 251 Å². The minimum Gasteiger partial charge on any atom is -0.291 e. The van der Waals surface area contributed by atoms with E-state index in [1.54, 1.807) is 34.4 Å². The lowest BCUT2D eigenvalue weighted by Gasteiger charge is -2.47. The summed E-state index contributed by atoms with van der Waals surface area (Å²) in [4.78, 5) is 22.7. The van der Waals surface area contributed by atoms with E-state index >= 15 is 0 Å². The molecule has 3 atom stereocenters. The molecule has 4 aromatic rings. The molecule has 9 nitrogen and oxygen atoms in total. The first kappa shape index (κ1) is 29.9. The van der Waals surface area contributed by atoms with Gasteiger partial charge in [0.15, 0.2) is 5.78 Å². The van der Waals surface area contributed by atoms with Crippen LogP contribution in [0.4, 0.5) is 17.6 Å². The Hall–Kier alpha value is -4.17. The predicted molar refractivity (Wildman–Crippen MR) is 156 cm³/mol. The van der Waals surface area contributed by atoms with Gasteiger partial charge in [-0.05, 0) is 79.6 Å². The molecule has 230 valence electrons. The number of fused-ring (bicyclic) bond motifs is 2. The zero-order valence-electron chi connectivity index (χ0n) is 24.0. The molecule has 0 spiro atoms. The van der Waals surface area contributed by atoms with Gasteiger partial charge in [-0.25, -0.2) is 22.6 Å². The van der Waals surface area contributed by atoms with Gasteiger partial charge in [0.05, 0.1) is 38.3 Å². The summed E-state index contributed by atoms with van der Waals surface area (Å²) >= 11 is 0. The molecular formula is C30H29F4N7O2S. The van der Waals surface area contributed by atoms with Crippen LogP contribution in [0.15, 0.2) is 65.8 Å². The third kappa shape index (κ3) is 5.05. The first-order valence-electron chi connectivity index (χ1n) is 13.9. The predicted octanol–water partition coefficient (Wildman–Crippen LogP) is 4.93. The van der Waals surface area contributed by atoms with Crippen molar-refractivity contribution >= 4 is 27.4 Å². The topological polar surface area (TPSA) is 98.8 Å². The summed E-state index contributed by atoms with van der Waals surface area (Å²) < 4.78 is 73.4. The SMILES string of the molecule is C=S(=O)(c1ncn(C)n1)N(CC)[C@H]1CCC2=Cc3c(cnn3-c3ccc(F)cc3)C[C@]2(C(=O)c2cc(C(F)(F)F)ccn2)C1. The number of ketones is 1. The molecule has 1 aromatic carbocycles. The number of aromatic nitrogens is 6. The maximum Gasteiger partial charge on any atom is 0.416 e. The van der Waals surface area contributed by atoms with Crippen molar-refractivity contribution in [3.05, 3.63) is 89.0 Å². The Morgan fingerprint density at radius 2 is 1.95 bits per heavy atom. The van der Waals surface area contributed by atoms with Crippen molar-refractivity contribution in [3.63, 3.8) is 0 Å². The molecule has 0 N–H and O–H groups in total. The number of halogens is 4. The summed E-state index contributed by atoms with van der Waals surface area (Å²) in [6, 6.07) is 7.01. The molecule has 1 unspecified atom stereocenters. The molecule has 3 aromatic heterocycles. The van der Waals surface area contributed by atoms with Crippen LogP contribution in [0.3, 0.4) is 0 Å². The van der Waals surface area contributed by atoms with E-state index < -0.39 is 44.5 Å². The van der Waals surface area contributed by atoms with Crippen LogP contribution in [0.5, 0.6) is 0 Å². The average Bonchev–Trinajstić information content (AvgIpc) is 3.62. The number of benzene rings is 1. The zero-order chi connectivity index (χ0) is 31.4. The number of pyridine rings is 1. The van der Waals surface area contributed by atoms with Crippen molar-refractivity contribution < 1.29 is 26.6 Å². The fraction of sp³-hybridized carbons (Fsp3) is 0.333. The normalized spacial score (nSPS) is 21.3. The van der Waals surface area contributed by atoms with E-state index in [-0.39, 0.29) is 23.7 Å². The van der Waals surface area contributed by atoms with Gasteiger partial charge >= 0.3 is 6.18 Å². The summed E-state index contributed by atoms with van der Waals surface area (Å²) in [5.74, 6) is 3.04. The Kier molecular flexibility index (Phi) is 7.31. The van der Waals surface area contributed by atoms with Crippen LogP contribution < -0.4 is 0 Å². The molecule has 44 heavy (non-hydrogen) atoms. The lowest BCUT2D eigenvalue weighted by Crippen LogP contribution is -2.50. The molecule has 1 saturated carbocycles. The van der Waals surface area contributed by atoms with Gasteiger partial charge in [-0.2, -0.15) is 18.3 Å². The van der Waals surface area contributed by atoms with Gasteiger partial charge in [0.2, 0.25) is 5.16 Å². The van der Waals surface area contributed by atoms with Gasteiger partial charge < -0.3 is 0 Å². The van der Waals surface area contributed by atoms with Crippen LogP contribution in [0.1, 0.15) is 53.5 Å². The number of rotatable bonds is 7. The summed E-state index contributed by atoms with van der Waals surface area (Å²) in [6.07, 6.45) is 2.43. The number of Topliss-reactive ketones (excluding diaryl/α,β-unsaturated/α-hetero) is 1. The third-order valence-electron chi connectivity index (χ3n) is 8.42. The molecule has 0 aliphatic heterocycles. The number of nitrogens with zero attached hydrogens (tertiary/aromatic N) is 7. The third-order valence-corrected chi connectivity index (χ3v) is 10.5. The fourth-order valence-electron chi connectivity index (χ4n) is 6.37. The first-order valence-corrected chi connectivity index (χ1v) is 15.6. The van der Waals surface area contributed by atoms with Gasteiger partial charge in [-0.15, -0.1) is 5.10 Å². The van der Waals surface area contributed by atoms with Crippen LogP contribution >= 0.6 is 0 Å². The second-order valence-corrected chi connectivity index (χ2v) is 13.2. The molecule has 0 saturated heterocycles. The van der Waals surface area contributed by atoms with Crippen molar-refractivity contribution in [2.75, 3.05) is 6.54 Å². The van der Waals surface area contributed by atoms with Gasteiger partial charge in [0.1, 0.15) is 17.8 Å². The highest BCUT2D eigenvalue weighted by Crippen LogP contribution is 2.51. The highest BCUT2D eigenvalue weighted by atomic mass is 32.2. The van der Waals surface area contributed by atoms with Crippen LogP contribution in [-0.4, -0.2) is 62.3 Å². The molecule has 0 bridgehead atoms. The van der Waals surface area contributed by atoms with Crippen LogP contribution in [0.2, 0.25) is 0 Å². The molecule has 1 fully saturated rings. The summed E-state index contributed by atoms with van der Waals surface area (Å²) in [6.45, 7) is 2.14. The number of allylic oxidation sites excluding steroid dienone is 1. The first-order chi connectivity index (χ1) is 20.8. The molecule has 2 aliphatic rings. The zero-order valence-corrected chi connectivity index (χ0v) is 24.8. The molecule has 3 heterocycles. The molecule has 0 radical (unpaired) electrons. The van der Waals surface area contributed by atoms with E-state index in [1.807, 2.05) is 13.0 Å². The van der Waals surface area contributed by atoms with E-state index in [1.165, 1.54) is 23.1 Å². The van der Waals surface area contributed by atoms with Crippen LogP contribution in [0.25, 0.3) is 11.8 Å². The molecule has 2 aliphatic carbocycles.